The Balaban J connectivity index is 2.67. The summed E-state index contributed by atoms with van der Waals surface area (Å²) in [6.07, 6.45) is 2.35. The van der Waals surface area contributed by atoms with E-state index in [0.29, 0.717) is 25.1 Å². The molecule has 0 aromatic carbocycles. The van der Waals surface area contributed by atoms with Crippen LogP contribution in [-0.2, 0) is 11.3 Å². The number of nitrogens with one attached hydrogen (secondary N) is 2. The number of nitrogens with zero attached hydrogens (tertiary/aromatic N) is 2. The number of anilines is 2. The first-order valence-corrected chi connectivity index (χ1v) is 7.45. The normalized spacial score (nSPS) is 12.5. The lowest BCUT2D eigenvalue weighted by Crippen LogP contribution is -2.18. The molecule has 0 aliphatic rings. The van der Waals surface area contributed by atoms with Crippen molar-refractivity contribution in [3.05, 3.63) is 11.9 Å². The Labute approximate surface area is 122 Å². The average Bonchev–Trinajstić information content (AvgIpc) is 2.42. The molecule has 1 rings (SSSR count). The van der Waals surface area contributed by atoms with Crippen LogP contribution in [0, 0.1) is 5.92 Å². The first kappa shape index (κ1) is 16.7. The second-order valence-corrected chi connectivity index (χ2v) is 5.46. The van der Waals surface area contributed by atoms with Gasteiger partial charge in [-0.3, -0.25) is 0 Å². The fourth-order valence-corrected chi connectivity index (χ4v) is 1.86. The van der Waals surface area contributed by atoms with Crippen molar-refractivity contribution in [3.8, 4) is 0 Å². The van der Waals surface area contributed by atoms with Gasteiger partial charge < -0.3 is 15.4 Å². The molecule has 0 aliphatic heterocycles. The molecule has 1 aromatic rings. The number of hydrogen-bond donors (Lipinski definition) is 2. The molecule has 2 N–H and O–H groups in total. The van der Waals surface area contributed by atoms with Gasteiger partial charge in [0, 0.05) is 25.8 Å². The van der Waals surface area contributed by atoms with Crippen LogP contribution in [0.25, 0.3) is 0 Å². The molecule has 0 fully saturated rings. The van der Waals surface area contributed by atoms with E-state index in [1.54, 1.807) is 0 Å². The first-order valence-electron chi connectivity index (χ1n) is 7.45. The van der Waals surface area contributed by atoms with Crippen LogP contribution in [-0.4, -0.2) is 29.7 Å². The van der Waals surface area contributed by atoms with Crippen LogP contribution in [0.15, 0.2) is 6.07 Å². The van der Waals surface area contributed by atoms with Crippen molar-refractivity contribution in [2.24, 2.45) is 5.92 Å². The molecule has 1 atom stereocenters. The van der Waals surface area contributed by atoms with Crippen LogP contribution in [0.1, 0.15) is 46.4 Å². The van der Waals surface area contributed by atoms with Gasteiger partial charge >= 0.3 is 0 Å². The van der Waals surface area contributed by atoms with Crippen LogP contribution in [0.3, 0.4) is 0 Å². The molecule has 0 radical (unpaired) electrons. The maximum Gasteiger partial charge on any atom is 0.158 e. The summed E-state index contributed by atoms with van der Waals surface area (Å²) in [6, 6.07) is 2.33. The van der Waals surface area contributed by atoms with Crippen molar-refractivity contribution >= 4 is 11.6 Å². The van der Waals surface area contributed by atoms with Crippen molar-refractivity contribution in [3.63, 3.8) is 0 Å². The van der Waals surface area contributed by atoms with Gasteiger partial charge in [0.25, 0.3) is 0 Å². The third kappa shape index (κ3) is 6.19. The minimum atomic E-state index is 0.400. The Bertz CT molecular complexity index is 395. The molecule has 5 heteroatoms. The third-order valence-electron chi connectivity index (χ3n) is 3.04. The second kappa shape index (κ2) is 8.74. The third-order valence-corrected chi connectivity index (χ3v) is 3.04. The van der Waals surface area contributed by atoms with Gasteiger partial charge in [0.1, 0.15) is 18.2 Å². The van der Waals surface area contributed by atoms with E-state index >= 15 is 0 Å². The minimum Gasteiger partial charge on any atom is -0.374 e. The van der Waals surface area contributed by atoms with Gasteiger partial charge in [-0.2, -0.15) is 0 Å². The summed E-state index contributed by atoms with van der Waals surface area (Å²) in [5.41, 5.74) is 0. The van der Waals surface area contributed by atoms with Gasteiger partial charge in [-0.1, -0.05) is 13.8 Å². The topological polar surface area (TPSA) is 59.1 Å². The maximum absolute atomic E-state index is 5.38. The number of ether oxygens (including phenoxy) is 1. The van der Waals surface area contributed by atoms with E-state index in [-0.39, 0.29) is 0 Å². The molecular formula is C15H28N4O. The molecule has 0 saturated carbocycles. The standard InChI is InChI=1S/C15H28N4O/c1-6-20-10-15-18-13(16-5)9-14(19-15)17-12(4)8-7-11(2)3/h9,11-12H,6-8,10H2,1-5H3,(H2,16,17,18,19). The lowest BCUT2D eigenvalue weighted by molar-refractivity contribution is 0.128. The van der Waals surface area contributed by atoms with Gasteiger partial charge in [0.15, 0.2) is 5.82 Å². The Kier molecular flexibility index (Phi) is 7.30. The van der Waals surface area contributed by atoms with Crippen LogP contribution in [0.5, 0.6) is 0 Å². The fourth-order valence-electron chi connectivity index (χ4n) is 1.86. The smallest absolute Gasteiger partial charge is 0.158 e. The highest BCUT2D eigenvalue weighted by molar-refractivity contribution is 5.47. The van der Waals surface area contributed by atoms with E-state index in [9.17, 15) is 0 Å². The molecule has 0 aliphatic carbocycles. The maximum atomic E-state index is 5.38. The van der Waals surface area contributed by atoms with Crippen molar-refractivity contribution in [2.45, 2.75) is 53.2 Å². The van der Waals surface area contributed by atoms with Crippen molar-refractivity contribution in [1.29, 1.82) is 0 Å². The van der Waals surface area contributed by atoms with E-state index in [1.165, 1.54) is 6.42 Å². The Morgan fingerprint density at radius 3 is 2.45 bits per heavy atom. The molecule has 0 saturated heterocycles. The summed E-state index contributed by atoms with van der Waals surface area (Å²) in [5, 5.41) is 6.50. The van der Waals surface area contributed by atoms with Crippen molar-refractivity contribution in [1.82, 2.24) is 9.97 Å². The SMILES string of the molecule is CCOCc1nc(NC)cc(NC(C)CCC(C)C)n1. The number of rotatable bonds is 9. The van der Waals surface area contributed by atoms with E-state index in [2.05, 4.69) is 41.4 Å². The zero-order valence-electron chi connectivity index (χ0n) is 13.4. The van der Waals surface area contributed by atoms with Gasteiger partial charge in [-0.05, 0) is 32.6 Å². The molecule has 0 bridgehead atoms. The van der Waals surface area contributed by atoms with Gasteiger partial charge in [-0.15, -0.1) is 0 Å². The highest BCUT2D eigenvalue weighted by atomic mass is 16.5. The van der Waals surface area contributed by atoms with Gasteiger partial charge in [-0.25, -0.2) is 9.97 Å². The van der Waals surface area contributed by atoms with Gasteiger partial charge in [0.05, 0.1) is 0 Å². The summed E-state index contributed by atoms with van der Waals surface area (Å²) in [4.78, 5) is 8.88. The highest BCUT2D eigenvalue weighted by Gasteiger charge is 2.08. The van der Waals surface area contributed by atoms with Crippen LogP contribution in [0.4, 0.5) is 11.6 Å². The van der Waals surface area contributed by atoms with E-state index in [1.807, 2.05) is 20.0 Å². The van der Waals surface area contributed by atoms with E-state index in [4.69, 9.17) is 4.74 Å². The summed E-state index contributed by atoms with van der Waals surface area (Å²) in [7, 11) is 1.86. The Hall–Kier alpha value is -1.36. The average molecular weight is 280 g/mol. The zero-order chi connectivity index (χ0) is 15.0. The number of hydrogen-bond acceptors (Lipinski definition) is 5. The molecule has 1 aromatic heterocycles. The molecular weight excluding hydrogens is 252 g/mol. The van der Waals surface area contributed by atoms with Crippen LogP contribution in [0.2, 0.25) is 0 Å². The highest BCUT2D eigenvalue weighted by Crippen LogP contribution is 2.15. The molecule has 1 heterocycles. The Morgan fingerprint density at radius 2 is 1.85 bits per heavy atom. The molecule has 0 spiro atoms. The van der Waals surface area contributed by atoms with Crippen molar-refractivity contribution in [2.75, 3.05) is 24.3 Å². The second-order valence-electron chi connectivity index (χ2n) is 5.46. The van der Waals surface area contributed by atoms with Crippen molar-refractivity contribution < 1.29 is 4.74 Å². The van der Waals surface area contributed by atoms with E-state index < -0.39 is 0 Å². The summed E-state index contributed by atoms with van der Waals surface area (Å²) in [5.74, 6) is 3.10. The Morgan fingerprint density at radius 1 is 1.15 bits per heavy atom. The quantitative estimate of drug-likeness (QED) is 0.727. The zero-order valence-corrected chi connectivity index (χ0v) is 13.4. The molecule has 1 unspecified atom stereocenters. The van der Waals surface area contributed by atoms with E-state index in [0.717, 1.165) is 24.0 Å². The van der Waals surface area contributed by atoms with Crippen LogP contribution < -0.4 is 10.6 Å². The summed E-state index contributed by atoms with van der Waals surface area (Å²) < 4.78 is 5.38. The van der Waals surface area contributed by atoms with Gasteiger partial charge in [0.2, 0.25) is 0 Å². The predicted molar refractivity (Wildman–Crippen MR) is 84.1 cm³/mol. The fraction of sp³-hybridized carbons (Fsp3) is 0.733. The monoisotopic (exact) mass is 280 g/mol. The summed E-state index contributed by atoms with van der Waals surface area (Å²) >= 11 is 0. The molecule has 0 amide bonds. The lowest BCUT2D eigenvalue weighted by atomic mass is 10.0. The molecule has 5 nitrogen and oxygen atoms in total. The van der Waals surface area contributed by atoms with Crippen LogP contribution >= 0.6 is 0 Å². The lowest BCUT2D eigenvalue weighted by Gasteiger charge is -2.17. The first-order chi connectivity index (χ1) is 9.55. The molecule has 20 heavy (non-hydrogen) atoms. The predicted octanol–water partition coefficient (Wildman–Crippen LogP) is 3.29. The summed E-state index contributed by atoms with van der Waals surface area (Å²) in [6.45, 7) is 9.76. The minimum absolute atomic E-state index is 0.400. The molecule has 114 valence electrons. The number of aromatic nitrogens is 2. The largest absolute Gasteiger partial charge is 0.374 e.